The quantitative estimate of drug-likeness (QED) is 0.743. The number of aliphatic carboxylic acids is 1. The fourth-order valence-electron chi connectivity index (χ4n) is 1.87. The van der Waals surface area contributed by atoms with E-state index in [-0.39, 0.29) is 11.1 Å². The van der Waals surface area contributed by atoms with Crippen molar-refractivity contribution in [3.8, 4) is 0 Å². The van der Waals surface area contributed by atoms with Crippen molar-refractivity contribution in [1.29, 1.82) is 0 Å². The van der Waals surface area contributed by atoms with Crippen molar-refractivity contribution in [2.45, 2.75) is 39.5 Å². The summed E-state index contributed by atoms with van der Waals surface area (Å²) in [5, 5.41) is 11.0. The molecule has 1 aliphatic heterocycles. The molecular weight excluding hydrogens is 248 g/mol. The molecule has 3 amide bonds. The standard InChI is InChI=1S/C13H20N2O4/c1-9(10(2)12(17)18)11(16)14-13(19)15-7-5-3-4-6-8-15/h3-8H2,1-2H3,(H,17,18)(H,14,16,19). The van der Waals surface area contributed by atoms with Gasteiger partial charge in [-0.05, 0) is 26.7 Å². The number of nitrogens with one attached hydrogen (secondary N) is 1. The van der Waals surface area contributed by atoms with Gasteiger partial charge in [-0.15, -0.1) is 0 Å². The Morgan fingerprint density at radius 3 is 1.95 bits per heavy atom. The summed E-state index contributed by atoms with van der Waals surface area (Å²) in [6, 6.07) is -0.440. The molecular formula is C13H20N2O4. The summed E-state index contributed by atoms with van der Waals surface area (Å²) in [7, 11) is 0. The topological polar surface area (TPSA) is 86.7 Å². The first kappa shape index (κ1) is 15.2. The maximum absolute atomic E-state index is 11.9. The van der Waals surface area contributed by atoms with Crippen LogP contribution in [0, 0.1) is 0 Å². The van der Waals surface area contributed by atoms with Gasteiger partial charge < -0.3 is 10.0 Å². The zero-order chi connectivity index (χ0) is 14.4. The molecule has 0 aliphatic carbocycles. The van der Waals surface area contributed by atoms with Crippen molar-refractivity contribution >= 4 is 17.9 Å². The highest BCUT2D eigenvalue weighted by atomic mass is 16.4. The molecule has 2 N–H and O–H groups in total. The van der Waals surface area contributed by atoms with Crippen LogP contribution < -0.4 is 5.32 Å². The maximum Gasteiger partial charge on any atom is 0.331 e. The molecule has 1 aliphatic rings. The van der Waals surface area contributed by atoms with Crippen LogP contribution in [0.25, 0.3) is 0 Å². The summed E-state index contributed by atoms with van der Waals surface area (Å²) >= 11 is 0. The van der Waals surface area contributed by atoms with Gasteiger partial charge in [0.25, 0.3) is 5.91 Å². The summed E-state index contributed by atoms with van der Waals surface area (Å²) < 4.78 is 0. The number of imide groups is 1. The minimum Gasteiger partial charge on any atom is -0.478 e. The van der Waals surface area contributed by atoms with E-state index in [1.54, 1.807) is 4.90 Å². The minimum absolute atomic E-state index is 0.0515. The monoisotopic (exact) mass is 268 g/mol. The van der Waals surface area contributed by atoms with Crippen LogP contribution in [0.1, 0.15) is 39.5 Å². The lowest BCUT2D eigenvalue weighted by Gasteiger charge is -2.20. The van der Waals surface area contributed by atoms with Crippen LogP contribution in [0.15, 0.2) is 11.1 Å². The Bertz CT molecular complexity index is 407. The molecule has 6 nitrogen and oxygen atoms in total. The first-order valence-corrected chi connectivity index (χ1v) is 6.44. The Balaban J connectivity index is 2.63. The van der Waals surface area contributed by atoms with Gasteiger partial charge in [0.2, 0.25) is 0 Å². The third-order valence-corrected chi connectivity index (χ3v) is 3.34. The molecule has 0 saturated carbocycles. The van der Waals surface area contributed by atoms with E-state index < -0.39 is 17.9 Å². The summed E-state index contributed by atoms with van der Waals surface area (Å²) in [5.41, 5.74) is -0.00293. The molecule has 0 aromatic carbocycles. The third kappa shape index (κ3) is 4.39. The van der Waals surface area contributed by atoms with Crippen molar-refractivity contribution < 1.29 is 19.5 Å². The van der Waals surface area contributed by atoms with Gasteiger partial charge in [0.1, 0.15) is 0 Å². The zero-order valence-corrected chi connectivity index (χ0v) is 11.4. The summed E-state index contributed by atoms with van der Waals surface area (Å²) in [5.74, 6) is -1.80. The highest BCUT2D eigenvalue weighted by molar-refractivity contribution is 6.07. The molecule has 0 radical (unpaired) electrons. The number of urea groups is 1. The second kappa shape index (κ2) is 6.92. The number of amides is 3. The van der Waals surface area contributed by atoms with Crippen LogP contribution in [0.5, 0.6) is 0 Å². The van der Waals surface area contributed by atoms with Crippen molar-refractivity contribution in [2.75, 3.05) is 13.1 Å². The summed E-state index contributed by atoms with van der Waals surface area (Å²) in [4.78, 5) is 36.0. The minimum atomic E-state index is -1.16. The lowest BCUT2D eigenvalue weighted by Crippen LogP contribution is -2.43. The van der Waals surface area contributed by atoms with E-state index in [0.717, 1.165) is 25.7 Å². The van der Waals surface area contributed by atoms with Crippen molar-refractivity contribution in [2.24, 2.45) is 0 Å². The van der Waals surface area contributed by atoms with E-state index in [1.165, 1.54) is 13.8 Å². The second-order valence-corrected chi connectivity index (χ2v) is 4.72. The third-order valence-electron chi connectivity index (χ3n) is 3.34. The van der Waals surface area contributed by atoms with E-state index in [2.05, 4.69) is 5.32 Å². The molecule has 19 heavy (non-hydrogen) atoms. The number of carbonyl (C=O) groups excluding carboxylic acids is 2. The number of hydrogen-bond acceptors (Lipinski definition) is 3. The van der Waals surface area contributed by atoms with Crippen LogP contribution in [-0.4, -0.2) is 41.0 Å². The number of rotatable bonds is 2. The molecule has 0 unspecified atom stereocenters. The fraction of sp³-hybridized carbons (Fsp3) is 0.615. The average Bonchev–Trinajstić information content (AvgIpc) is 2.65. The molecule has 106 valence electrons. The van der Waals surface area contributed by atoms with Gasteiger partial charge in [-0.3, -0.25) is 10.1 Å². The van der Waals surface area contributed by atoms with Gasteiger partial charge in [-0.25, -0.2) is 9.59 Å². The highest BCUT2D eigenvalue weighted by Gasteiger charge is 2.20. The highest BCUT2D eigenvalue weighted by Crippen LogP contribution is 2.10. The van der Waals surface area contributed by atoms with Crippen LogP contribution >= 0.6 is 0 Å². The fourth-order valence-corrected chi connectivity index (χ4v) is 1.87. The maximum atomic E-state index is 11.9. The van der Waals surface area contributed by atoms with Crippen LogP contribution in [0.3, 0.4) is 0 Å². The molecule has 0 aromatic rings. The Labute approximate surface area is 112 Å². The van der Waals surface area contributed by atoms with Crippen molar-refractivity contribution in [3.05, 3.63) is 11.1 Å². The lowest BCUT2D eigenvalue weighted by molar-refractivity contribution is -0.133. The largest absolute Gasteiger partial charge is 0.478 e. The first-order chi connectivity index (χ1) is 8.93. The molecule has 0 aromatic heterocycles. The van der Waals surface area contributed by atoms with E-state index in [9.17, 15) is 14.4 Å². The number of likely N-dealkylation sites (tertiary alicyclic amines) is 1. The van der Waals surface area contributed by atoms with Gasteiger partial charge in [0.15, 0.2) is 0 Å². The number of carboxylic acid groups (broad SMARTS) is 1. The summed E-state index contributed by atoms with van der Waals surface area (Å²) in [6.07, 6.45) is 4.05. The van der Waals surface area contributed by atoms with Crippen LogP contribution in [0.4, 0.5) is 4.79 Å². The molecule has 1 rings (SSSR count). The van der Waals surface area contributed by atoms with Crippen LogP contribution in [0.2, 0.25) is 0 Å². The Morgan fingerprint density at radius 1 is 0.947 bits per heavy atom. The number of nitrogens with zero attached hydrogens (tertiary/aromatic N) is 1. The SMILES string of the molecule is CC(C(=O)O)=C(C)C(=O)NC(=O)N1CCCCCC1. The van der Waals surface area contributed by atoms with Gasteiger partial charge in [0.05, 0.1) is 0 Å². The molecule has 0 bridgehead atoms. The van der Waals surface area contributed by atoms with Crippen molar-refractivity contribution in [1.82, 2.24) is 10.2 Å². The Morgan fingerprint density at radius 2 is 1.47 bits per heavy atom. The molecule has 0 atom stereocenters. The van der Waals surface area contributed by atoms with Crippen LogP contribution in [-0.2, 0) is 9.59 Å². The van der Waals surface area contributed by atoms with E-state index >= 15 is 0 Å². The predicted molar refractivity (Wildman–Crippen MR) is 69.6 cm³/mol. The van der Waals surface area contributed by atoms with Gasteiger partial charge >= 0.3 is 12.0 Å². The van der Waals surface area contributed by atoms with E-state index in [4.69, 9.17) is 5.11 Å². The smallest absolute Gasteiger partial charge is 0.331 e. The first-order valence-electron chi connectivity index (χ1n) is 6.44. The number of carbonyl (C=O) groups is 3. The van der Waals surface area contributed by atoms with E-state index in [0.29, 0.717) is 13.1 Å². The lowest BCUT2D eigenvalue weighted by atomic mass is 10.1. The number of carboxylic acids is 1. The Hall–Kier alpha value is -1.85. The predicted octanol–water partition coefficient (Wildman–Crippen LogP) is 1.52. The molecule has 1 saturated heterocycles. The average molecular weight is 268 g/mol. The normalized spacial score (nSPS) is 17.3. The Kier molecular flexibility index (Phi) is 5.54. The molecule has 1 fully saturated rings. The van der Waals surface area contributed by atoms with E-state index in [1.807, 2.05) is 0 Å². The number of hydrogen-bond donors (Lipinski definition) is 2. The van der Waals surface area contributed by atoms with Gasteiger partial charge in [0, 0.05) is 24.2 Å². The molecule has 1 heterocycles. The summed E-state index contributed by atoms with van der Waals surface area (Å²) in [6.45, 7) is 4.02. The van der Waals surface area contributed by atoms with Gasteiger partial charge in [-0.2, -0.15) is 0 Å². The molecule has 0 spiro atoms. The zero-order valence-electron chi connectivity index (χ0n) is 11.4. The van der Waals surface area contributed by atoms with Gasteiger partial charge in [-0.1, -0.05) is 12.8 Å². The molecule has 6 heteroatoms. The second-order valence-electron chi connectivity index (χ2n) is 4.72. The van der Waals surface area contributed by atoms with Crippen molar-refractivity contribution in [3.63, 3.8) is 0 Å².